The molecule has 29 heavy (non-hydrogen) atoms. The van der Waals surface area contributed by atoms with Gasteiger partial charge in [-0.2, -0.15) is 0 Å². The number of hydrogen-bond donors (Lipinski definition) is 5. The van der Waals surface area contributed by atoms with E-state index >= 15 is 0 Å². The fourth-order valence-electron chi connectivity index (χ4n) is 3.72. The summed E-state index contributed by atoms with van der Waals surface area (Å²) in [6.45, 7) is 0. The summed E-state index contributed by atoms with van der Waals surface area (Å²) in [5.74, 6) is -2.00. The molecule has 0 radical (unpaired) electrons. The van der Waals surface area contributed by atoms with Gasteiger partial charge in [0.15, 0.2) is 11.6 Å². The smallest absolute Gasteiger partial charge is 0.252 e. The van der Waals surface area contributed by atoms with E-state index in [4.69, 9.17) is 11.5 Å². The highest BCUT2D eigenvalue weighted by atomic mass is 19.1. The van der Waals surface area contributed by atoms with E-state index in [1.54, 1.807) is 18.3 Å². The van der Waals surface area contributed by atoms with Gasteiger partial charge in [-0.25, -0.2) is 13.8 Å². The van der Waals surface area contributed by atoms with Crippen LogP contribution in [0.5, 0.6) is 0 Å². The molecule has 0 saturated heterocycles. The third-order valence-electron chi connectivity index (χ3n) is 5.26. The lowest BCUT2D eigenvalue weighted by Crippen LogP contribution is -2.43. The number of primary amides is 1. The molecule has 1 aliphatic carbocycles. The highest BCUT2D eigenvalue weighted by Gasteiger charge is 2.24. The Balaban J connectivity index is 1.69. The van der Waals surface area contributed by atoms with Crippen molar-refractivity contribution in [2.45, 2.75) is 37.8 Å². The first-order chi connectivity index (χ1) is 13.9. The Morgan fingerprint density at radius 3 is 2.69 bits per heavy atom. The Hall–Kier alpha value is -3.20. The van der Waals surface area contributed by atoms with Crippen molar-refractivity contribution in [3.63, 3.8) is 0 Å². The van der Waals surface area contributed by atoms with Crippen LogP contribution in [0.25, 0.3) is 10.9 Å². The quantitative estimate of drug-likeness (QED) is 0.450. The number of halogens is 2. The summed E-state index contributed by atoms with van der Waals surface area (Å²) < 4.78 is 28.8. The minimum absolute atomic E-state index is 0.0250. The molecule has 7 nitrogen and oxygen atoms in total. The second kappa shape index (κ2) is 7.67. The van der Waals surface area contributed by atoms with Crippen LogP contribution in [0.1, 0.15) is 36.0 Å². The zero-order chi connectivity index (χ0) is 20.5. The van der Waals surface area contributed by atoms with Crippen molar-refractivity contribution in [2.75, 3.05) is 10.6 Å². The van der Waals surface area contributed by atoms with E-state index < -0.39 is 17.5 Å². The van der Waals surface area contributed by atoms with Gasteiger partial charge in [0.25, 0.3) is 5.91 Å². The van der Waals surface area contributed by atoms with Crippen LogP contribution in [0.3, 0.4) is 0 Å². The molecule has 1 saturated carbocycles. The van der Waals surface area contributed by atoms with Crippen molar-refractivity contribution in [3.8, 4) is 0 Å². The molecule has 9 heteroatoms. The number of carbonyl (C=O) groups is 1. The molecule has 2 atom stereocenters. The monoisotopic (exact) mass is 400 g/mol. The molecular weight excluding hydrogens is 378 g/mol. The first-order valence-electron chi connectivity index (χ1n) is 9.48. The summed E-state index contributed by atoms with van der Waals surface area (Å²) in [7, 11) is 0. The number of aromatic nitrogens is 2. The van der Waals surface area contributed by atoms with E-state index in [1.807, 2.05) is 0 Å². The first-order valence-corrected chi connectivity index (χ1v) is 9.48. The number of pyridine rings is 1. The number of carbonyl (C=O) groups excluding carboxylic acids is 1. The van der Waals surface area contributed by atoms with Crippen LogP contribution >= 0.6 is 0 Å². The molecule has 2 aromatic heterocycles. The van der Waals surface area contributed by atoms with E-state index in [9.17, 15) is 13.6 Å². The number of benzene rings is 1. The molecule has 152 valence electrons. The summed E-state index contributed by atoms with van der Waals surface area (Å²) in [4.78, 5) is 18.9. The van der Waals surface area contributed by atoms with Crippen molar-refractivity contribution < 1.29 is 13.6 Å². The summed E-state index contributed by atoms with van der Waals surface area (Å²) in [5.41, 5.74) is 12.1. The van der Waals surface area contributed by atoms with Crippen molar-refractivity contribution in [3.05, 3.63) is 47.7 Å². The highest BCUT2D eigenvalue weighted by Crippen LogP contribution is 2.28. The summed E-state index contributed by atoms with van der Waals surface area (Å²) in [5, 5.41) is 6.58. The number of fused-ring (bicyclic) bond motifs is 1. The Morgan fingerprint density at radius 2 is 1.93 bits per heavy atom. The Bertz CT molecular complexity index is 1070. The Labute approximate surface area is 165 Å². The fraction of sp³-hybridized carbons (Fsp3) is 0.300. The SMILES string of the molecule is NC(=O)c1cc(F)c(NC2CCCCC2N)nc1Nc1cc(F)c2[nH]ccc2c1. The van der Waals surface area contributed by atoms with Crippen LogP contribution < -0.4 is 22.1 Å². The third kappa shape index (κ3) is 3.86. The predicted octanol–water partition coefficient (Wildman–Crippen LogP) is 3.37. The number of nitrogens with one attached hydrogen (secondary N) is 3. The average molecular weight is 400 g/mol. The highest BCUT2D eigenvalue weighted by molar-refractivity contribution is 5.99. The molecule has 7 N–H and O–H groups in total. The van der Waals surface area contributed by atoms with E-state index in [0.717, 1.165) is 31.7 Å². The summed E-state index contributed by atoms with van der Waals surface area (Å²) in [6, 6.07) is 5.47. The van der Waals surface area contributed by atoms with E-state index in [1.165, 1.54) is 6.07 Å². The van der Waals surface area contributed by atoms with E-state index in [2.05, 4.69) is 20.6 Å². The van der Waals surface area contributed by atoms with Crippen LogP contribution in [-0.2, 0) is 0 Å². The van der Waals surface area contributed by atoms with Gasteiger partial charge in [-0.1, -0.05) is 12.8 Å². The predicted molar refractivity (Wildman–Crippen MR) is 108 cm³/mol. The molecule has 1 aliphatic rings. The van der Waals surface area contributed by atoms with Crippen molar-refractivity contribution in [2.24, 2.45) is 11.5 Å². The maximum absolute atomic E-state index is 14.6. The lowest BCUT2D eigenvalue weighted by atomic mass is 9.91. The van der Waals surface area contributed by atoms with Gasteiger partial charge in [-0.3, -0.25) is 4.79 Å². The minimum atomic E-state index is -0.844. The Morgan fingerprint density at radius 1 is 1.14 bits per heavy atom. The number of rotatable bonds is 5. The molecule has 2 unspecified atom stereocenters. The van der Waals surface area contributed by atoms with Gasteiger partial charge in [-0.05, 0) is 37.1 Å². The van der Waals surface area contributed by atoms with Gasteiger partial charge in [0.1, 0.15) is 11.6 Å². The molecule has 1 amide bonds. The van der Waals surface area contributed by atoms with Crippen molar-refractivity contribution >= 4 is 34.1 Å². The van der Waals surface area contributed by atoms with Gasteiger partial charge in [0.2, 0.25) is 0 Å². The third-order valence-corrected chi connectivity index (χ3v) is 5.26. The zero-order valence-electron chi connectivity index (χ0n) is 15.6. The number of aromatic amines is 1. The van der Waals surface area contributed by atoms with Crippen molar-refractivity contribution in [1.29, 1.82) is 0 Å². The molecular formula is C20H22F2N6O. The van der Waals surface area contributed by atoms with Crippen molar-refractivity contribution in [1.82, 2.24) is 9.97 Å². The second-order valence-corrected chi connectivity index (χ2v) is 7.30. The van der Waals surface area contributed by atoms with Gasteiger partial charge in [0, 0.05) is 29.4 Å². The Kier molecular flexibility index (Phi) is 5.06. The average Bonchev–Trinajstić information content (AvgIpc) is 3.15. The second-order valence-electron chi connectivity index (χ2n) is 7.30. The van der Waals surface area contributed by atoms with Crippen LogP contribution in [0, 0.1) is 11.6 Å². The lowest BCUT2D eigenvalue weighted by molar-refractivity contribution is 0.100. The number of amides is 1. The zero-order valence-corrected chi connectivity index (χ0v) is 15.6. The first kappa shape index (κ1) is 19.1. The van der Waals surface area contributed by atoms with Crippen LogP contribution in [0.4, 0.5) is 26.1 Å². The number of nitrogens with two attached hydrogens (primary N) is 2. The van der Waals surface area contributed by atoms with E-state index in [-0.39, 0.29) is 29.3 Å². The normalized spacial score (nSPS) is 19.3. The molecule has 0 aliphatic heterocycles. The topological polar surface area (TPSA) is 122 Å². The van der Waals surface area contributed by atoms with Crippen LogP contribution in [0.2, 0.25) is 0 Å². The summed E-state index contributed by atoms with van der Waals surface area (Å²) >= 11 is 0. The number of nitrogens with zero attached hydrogens (tertiary/aromatic N) is 1. The van der Waals surface area contributed by atoms with Gasteiger partial charge >= 0.3 is 0 Å². The lowest BCUT2D eigenvalue weighted by Gasteiger charge is -2.30. The number of anilines is 3. The molecule has 2 heterocycles. The van der Waals surface area contributed by atoms with Gasteiger partial charge in [-0.15, -0.1) is 0 Å². The van der Waals surface area contributed by atoms with E-state index in [0.29, 0.717) is 16.6 Å². The molecule has 1 aromatic carbocycles. The maximum atomic E-state index is 14.6. The molecule has 1 fully saturated rings. The molecule has 4 rings (SSSR count). The van der Waals surface area contributed by atoms with Crippen LogP contribution in [0.15, 0.2) is 30.5 Å². The fourth-order valence-corrected chi connectivity index (χ4v) is 3.72. The van der Waals surface area contributed by atoms with Gasteiger partial charge in [0.05, 0.1) is 11.1 Å². The number of hydrogen-bond acceptors (Lipinski definition) is 5. The largest absolute Gasteiger partial charge is 0.365 e. The molecule has 0 spiro atoms. The van der Waals surface area contributed by atoms with Crippen LogP contribution in [-0.4, -0.2) is 28.0 Å². The maximum Gasteiger partial charge on any atom is 0.252 e. The summed E-state index contributed by atoms with van der Waals surface area (Å²) in [6.07, 6.45) is 5.30. The molecule has 3 aromatic rings. The minimum Gasteiger partial charge on any atom is -0.365 e. The number of H-pyrrole nitrogens is 1. The standard InChI is InChI=1S/C20H22F2N6O/c21-13-8-11(7-10-5-6-25-17(10)13)26-19-12(18(24)29)9-14(22)20(28-19)27-16-4-2-1-3-15(16)23/h5-9,15-16,25H,1-4,23H2,(H2,24,29)(H2,26,27,28). The van der Waals surface area contributed by atoms with Gasteiger partial charge < -0.3 is 27.1 Å². The molecule has 0 bridgehead atoms.